The third kappa shape index (κ3) is 5.52. The standard InChI is InChI=1S/C25H28N2O3S/c1-3-21-12-10-11-17-24(21)27(31(29,30)23-15-8-5-9-16-23)19-25(28)26-18-20(2)22-13-6-4-7-14-22/h4-17,20H,3,18-19H2,1-2H3,(H,26,28)/t20-/m1/s1. The number of sulfonamides is 1. The molecule has 162 valence electrons. The summed E-state index contributed by atoms with van der Waals surface area (Å²) >= 11 is 0. The zero-order valence-corrected chi connectivity index (χ0v) is 18.7. The van der Waals surface area contributed by atoms with Gasteiger partial charge in [0.05, 0.1) is 10.6 Å². The van der Waals surface area contributed by atoms with Crippen LogP contribution in [0.2, 0.25) is 0 Å². The molecule has 1 amide bonds. The molecule has 0 heterocycles. The summed E-state index contributed by atoms with van der Waals surface area (Å²) in [5, 5.41) is 2.90. The molecule has 0 aromatic heterocycles. The highest BCUT2D eigenvalue weighted by Gasteiger charge is 2.28. The maximum Gasteiger partial charge on any atom is 0.264 e. The predicted molar refractivity (Wildman–Crippen MR) is 125 cm³/mol. The highest BCUT2D eigenvalue weighted by atomic mass is 32.2. The quantitative estimate of drug-likeness (QED) is 0.542. The van der Waals surface area contributed by atoms with Gasteiger partial charge in [-0.1, -0.05) is 80.6 Å². The van der Waals surface area contributed by atoms with E-state index in [2.05, 4.69) is 5.32 Å². The van der Waals surface area contributed by atoms with Gasteiger partial charge >= 0.3 is 0 Å². The number of rotatable bonds is 9. The second-order valence-corrected chi connectivity index (χ2v) is 9.29. The van der Waals surface area contributed by atoms with Gasteiger partial charge in [0.25, 0.3) is 10.0 Å². The number of benzene rings is 3. The van der Waals surface area contributed by atoms with Crippen LogP contribution in [0.15, 0.2) is 89.8 Å². The first-order valence-corrected chi connectivity index (χ1v) is 11.8. The van der Waals surface area contributed by atoms with Crippen LogP contribution in [0.5, 0.6) is 0 Å². The van der Waals surface area contributed by atoms with Crippen molar-refractivity contribution in [2.75, 3.05) is 17.4 Å². The van der Waals surface area contributed by atoms with E-state index in [9.17, 15) is 13.2 Å². The molecule has 0 saturated carbocycles. The van der Waals surface area contributed by atoms with Gasteiger partial charge in [0, 0.05) is 6.54 Å². The zero-order chi connectivity index (χ0) is 22.3. The van der Waals surface area contributed by atoms with Gasteiger partial charge in [-0.25, -0.2) is 8.42 Å². The maximum atomic E-state index is 13.4. The van der Waals surface area contributed by atoms with Gasteiger partial charge in [-0.15, -0.1) is 0 Å². The minimum absolute atomic E-state index is 0.118. The van der Waals surface area contributed by atoms with Crippen molar-refractivity contribution in [3.63, 3.8) is 0 Å². The molecule has 0 saturated heterocycles. The van der Waals surface area contributed by atoms with Crippen LogP contribution in [0.4, 0.5) is 5.69 Å². The van der Waals surface area contributed by atoms with Gasteiger partial charge < -0.3 is 5.32 Å². The summed E-state index contributed by atoms with van der Waals surface area (Å²) in [6, 6.07) is 25.4. The maximum absolute atomic E-state index is 13.4. The van der Waals surface area contributed by atoms with E-state index in [-0.39, 0.29) is 23.3 Å². The smallest absolute Gasteiger partial charge is 0.264 e. The van der Waals surface area contributed by atoms with E-state index in [4.69, 9.17) is 0 Å². The molecule has 0 unspecified atom stereocenters. The monoisotopic (exact) mass is 436 g/mol. The number of amides is 1. The molecule has 0 bridgehead atoms. The third-order valence-corrected chi connectivity index (χ3v) is 7.01. The van der Waals surface area contributed by atoms with Gasteiger partial charge in [-0.2, -0.15) is 0 Å². The molecule has 5 nitrogen and oxygen atoms in total. The van der Waals surface area contributed by atoms with Gasteiger partial charge in [-0.05, 0) is 41.7 Å². The molecule has 0 radical (unpaired) electrons. The number of nitrogens with zero attached hydrogens (tertiary/aromatic N) is 1. The Balaban J connectivity index is 1.84. The fourth-order valence-electron chi connectivity index (χ4n) is 3.43. The van der Waals surface area contributed by atoms with Crippen molar-refractivity contribution in [3.8, 4) is 0 Å². The number of nitrogens with one attached hydrogen (secondary N) is 1. The van der Waals surface area contributed by atoms with Crippen molar-refractivity contribution >= 4 is 21.6 Å². The van der Waals surface area contributed by atoms with Crippen LogP contribution in [0.25, 0.3) is 0 Å². The molecular formula is C25H28N2O3S. The minimum Gasteiger partial charge on any atom is -0.354 e. The first-order valence-electron chi connectivity index (χ1n) is 10.4. The number of para-hydroxylation sites is 1. The van der Waals surface area contributed by atoms with Crippen LogP contribution in [-0.4, -0.2) is 27.4 Å². The van der Waals surface area contributed by atoms with E-state index in [1.807, 2.05) is 56.3 Å². The minimum atomic E-state index is -3.90. The van der Waals surface area contributed by atoms with E-state index in [1.54, 1.807) is 42.5 Å². The molecule has 0 aliphatic carbocycles. The number of aryl methyl sites for hydroxylation is 1. The second-order valence-electron chi connectivity index (χ2n) is 7.42. The van der Waals surface area contributed by atoms with Crippen LogP contribution >= 0.6 is 0 Å². The van der Waals surface area contributed by atoms with Crippen molar-refractivity contribution < 1.29 is 13.2 Å². The molecule has 3 aromatic carbocycles. The third-order valence-electron chi connectivity index (χ3n) is 5.23. The van der Waals surface area contributed by atoms with Crippen LogP contribution in [-0.2, 0) is 21.2 Å². The van der Waals surface area contributed by atoms with Crippen molar-refractivity contribution in [2.24, 2.45) is 0 Å². The van der Waals surface area contributed by atoms with Crippen molar-refractivity contribution in [1.82, 2.24) is 5.32 Å². The number of hydrogen-bond donors (Lipinski definition) is 1. The fraction of sp³-hybridized carbons (Fsp3) is 0.240. The summed E-state index contributed by atoms with van der Waals surface area (Å²) in [6.07, 6.45) is 0.656. The Hall–Kier alpha value is -3.12. The summed E-state index contributed by atoms with van der Waals surface area (Å²) < 4.78 is 28.1. The number of carbonyl (C=O) groups is 1. The normalized spacial score (nSPS) is 12.2. The molecular weight excluding hydrogens is 408 g/mol. The molecule has 1 N–H and O–H groups in total. The van der Waals surface area contributed by atoms with Gasteiger partial charge in [0.15, 0.2) is 0 Å². The number of anilines is 1. The van der Waals surface area contributed by atoms with Crippen LogP contribution < -0.4 is 9.62 Å². The van der Waals surface area contributed by atoms with Gasteiger partial charge in [-0.3, -0.25) is 9.10 Å². The molecule has 0 aliphatic heterocycles. The summed E-state index contributed by atoms with van der Waals surface area (Å²) in [7, 11) is -3.90. The Kier molecular flexibility index (Phi) is 7.47. The molecule has 31 heavy (non-hydrogen) atoms. The molecule has 6 heteroatoms. The topological polar surface area (TPSA) is 66.5 Å². The van der Waals surface area contributed by atoms with Crippen molar-refractivity contribution in [1.29, 1.82) is 0 Å². The van der Waals surface area contributed by atoms with E-state index in [0.717, 1.165) is 11.1 Å². The lowest BCUT2D eigenvalue weighted by molar-refractivity contribution is -0.119. The Morgan fingerprint density at radius 2 is 1.48 bits per heavy atom. The summed E-state index contributed by atoms with van der Waals surface area (Å²) in [6.45, 7) is 4.14. The van der Waals surface area contributed by atoms with Crippen LogP contribution in [0.1, 0.15) is 30.9 Å². The fourth-order valence-corrected chi connectivity index (χ4v) is 4.90. The lowest BCUT2D eigenvalue weighted by atomic mass is 10.0. The van der Waals surface area contributed by atoms with Crippen molar-refractivity contribution in [3.05, 3.63) is 96.1 Å². The van der Waals surface area contributed by atoms with E-state index >= 15 is 0 Å². The molecule has 0 aliphatic rings. The predicted octanol–water partition coefficient (Wildman–Crippen LogP) is 4.36. The molecule has 3 rings (SSSR count). The molecule has 0 spiro atoms. The molecule has 0 fully saturated rings. The Labute approximate surface area is 184 Å². The van der Waals surface area contributed by atoms with E-state index in [0.29, 0.717) is 18.7 Å². The average Bonchev–Trinajstić information content (AvgIpc) is 2.82. The highest BCUT2D eigenvalue weighted by Crippen LogP contribution is 2.27. The first-order chi connectivity index (χ1) is 14.9. The lowest BCUT2D eigenvalue weighted by Gasteiger charge is -2.26. The number of hydrogen-bond acceptors (Lipinski definition) is 3. The Morgan fingerprint density at radius 1 is 0.903 bits per heavy atom. The number of carbonyl (C=O) groups excluding carboxylic acids is 1. The summed E-state index contributed by atoms with van der Waals surface area (Å²) in [5.74, 6) is -0.222. The average molecular weight is 437 g/mol. The zero-order valence-electron chi connectivity index (χ0n) is 17.9. The lowest BCUT2D eigenvalue weighted by Crippen LogP contribution is -2.42. The van der Waals surface area contributed by atoms with E-state index < -0.39 is 10.0 Å². The largest absolute Gasteiger partial charge is 0.354 e. The van der Waals surface area contributed by atoms with Gasteiger partial charge in [0.2, 0.25) is 5.91 Å². The SMILES string of the molecule is CCc1ccccc1N(CC(=O)NC[C@@H](C)c1ccccc1)S(=O)(=O)c1ccccc1. The van der Waals surface area contributed by atoms with Gasteiger partial charge in [0.1, 0.15) is 6.54 Å². The summed E-state index contributed by atoms with van der Waals surface area (Å²) in [4.78, 5) is 13.0. The Bertz CT molecular complexity index is 1100. The molecule has 1 atom stereocenters. The van der Waals surface area contributed by atoms with Crippen molar-refractivity contribution in [2.45, 2.75) is 31.1 Å². The summed E-state index contributed by atoms with van der Waals surface area (Å²) in [5.41, 5.74) is 2.51. The first kappa shape index (κ1) is 22.6. The Morgan fingerprint density at radius 3 is 2.13 bits per heavy atom. The van der Waals surface area contributed by atoms with E-state index in [1.165, 1.54) is 4.31 Å². The van der Waals surface area contributed by atoms with Crippen LogP contribution in [0.3, 0.4) is 0 Å². The highest BCUT2D eigenvalue weighted by molar-refractivity contribution is 7.92. The molecule has 3 aromatic rings. The second kappa shape index (κ2) is 10.3. The van der Waals surface area contributed by atoms with Crippen LogP contribution in [0, 0.1) is 0 Å².